The van der Waals surface area contributed by atoms with Gasteiger partial charge in [0.15, 0.2) is 0 Å². The molecule has 1 unspecified atom stereocenters. The molecule has 1 atom stereocenters. The number of carbonyl (C=O) groups excluding carboxylic acids is 1. The summed E-state index contributed by atoms with van der Waals surface area (Å²) in [5.41, 5.74) is 5.54. The van der Waals surface area contributed by atoms with E-state index in [1.54, 1.807) is 0 Å². The molecule has 0 aliphatic heterocycles. The van der Waals surface area contributed by atoms with Crippen LogP contribution in [0.5, 0.6) is 0 Å². The molecule has 0 radical (unpaired) electrons. The van der Waals surface area contributed by atoms with E-state index in [-0.39, 0.29) is 17.4 Å². The molecule has 0 aromatic heterocycles. The van der Waals surface area contributed by atoms with Crippen molar-refractivity contribution in [3.63, 3.8) is 0 Å². The van der Waals surface area contributed by atoms with Crippen LogP contribution in [0.1, 0.15) is 71.6 Å². The van der Waals surface area contributed by atoms with Crippen molar-refractivity contribution >= 4 is 23.1 Å². The summed E-state index contributed by atoms with van der Waals surface area (Å²) < 4.78 is 0. The van der Waals surface area contributed by atoms with Gasteiger partial charge >= 0.3 is 0 Å². The fraction of sp³-hybridized carbons (Fsp3) is 0.875. The van der Waals surface area contributed by atoms with Crippen LogP contribution in [0.15, 0.2) is 0 Å². The summed E-state index contributed by atoms with van der Waals surface area (Å²) in [6, 6.07) is 0.261. The van der Waals surface area contributed by atoms with Crippen LogP contribution < -0.4 is 11.1 Å². The van der Waals surface area contributed by atoms with E-state index in [1.807, 2.05) is 0 Å². The van der Waals surface area contributed by atoms with Gasteiger partial charge in [-0.2, -0.15) is 0 Å². The Bertz CT molecular complexity index is 386. The highest BCUT2D eigenvalue weighted by molar-refractivity contribution is 7.80. The van der Waals surface area contributed by atoms with Crippen molar-refractivity contribution in [1.82, 2.24) is 5.32 Å². The zero-order chi connectivity index (χ0) is 14.8. The highest BCUT2D eigenvalue weighted by Gasteiger charge is 2.44. The van der Waals surface area contributed by atoms with Gasteiger partial charge in [-0.3, -0.25) is 4.79 Å². The molecule has 0 aromatic rings. The number of hydrogen-bond acceptors (Lipinski definition) is 2. The Morgan fingerprint density at radius 1 is 1.10 bits per heavy atom. The van der Waals surface area contributed by atoms with Crippen molar-refractivity contribution < 1.29 is 4.79 Å². The molecular formula is C16H28N2OS. The number of thiocarbonyl (C=S) groups is 1. The van der Waals surface area contributed by atoms with E-state index in [4.69, 9.17) is 18.0 Å². The average molecular weight is 296 g/mol. The lowest BCUT2D eigenvalue weighted by Crippen LogP contribution is -2.56. The lowest BCUT2D eigenvalue weighted by Gasteiger charge is -2.42. The van der Waals surface area contributed by atoms with Gasteiger partial charge in [0, 0.05) is 6.04 Å². The van der Waals surface area contributed by atoms with Gasteiger partial charge in [0.05, 0.1) is 10.4 Å². The van der Waals surface area contributed by atoms with E-state index in [9.17, 15) is 4.79 Å². The Hall–Kier alpha value is -0.640. The lowest BCUT2D eigenvalue weighted by molar-refractivity contribution is -0.130. The number of nitrogens with two attached hydrogens (primary N) is 1. The van der Waals surface area contributed by atoms with Gasteiger partial charge in [0.1, 0.15) is 0 Å². The lowest BCUT2D eigenvalue weighted by atomic mass is 9.70. The maximum absolute atomic E-state index is 12.8. The minimum Gasteiger partial charge on any atom is -0.392 e. The van der Waals surface area contributed by atoms with Crippen LogP contribution in [0.3, 0.4) is 0 Å². The van der Waals surface area contributed by atoms with Crippen LogP contribution in [0.4, 0.5) is 0 Å². The molecule has 1 amide bonds. The molecule has 114 valence electrons. The Labute approximate surface area is 128 Å². The first-order valence-corrected chi connectivity index (χ1v) is 8.40. The first kappa shape index (κ1) is 15.7. The second-order valence-corrected chi connectivity index (χ2v) is 7.71. The first-order valence-electron chi connectivity index (χ1n) is 7.99. The van der Waals surface area contributed by atoms with Crippen LogP contribution in [0, 0.1) is 10.8 Å². The molecule has 0 spiro atoms. The van der Waals surface area contributed by atoms with Crippen LogP contribution in [-0.4, -0.2) is 16.9 Å². The predicted octanol–water partition coefficient (Wildman–Crippen LogP) is 3.31. The number of hydrogen-bond donors (Lipinski definition) is 2. The Balaban J connectivity index is 2.10. The van der Waals surface area contributed by atoms with E-state index < -0.39 is 5.41 Å². The fourth-order valence-electron chi connectivity index (χ4n) is 3.80. The first-order chi connectivity index (χ1) is 9.38. The van der Waals surface area contributed by atoms with Crippen molar-refractivity contribution in [2.24, 2.45) is 16.6 Å². The molecule has 0 saturated heterocycles. The second kappa shape index (κ2) is 6.00. The molecule has 2 fully saturated rings. The molecule has 3 nitrogen and oxygen atoms in total. The minimum absolute atomic E-state index is 0.0877. The van der Waals surface area contributed by atoms with Gasteiger partial charge < -0.3 is 11.1 Å². The SMILES string of the molecule is CC1(C)CCCCC1NC(=O)C1(C(N)=S)CCCCC1. The fourth-order valence-corrected chi connectivity index (χ4v) is 4.10. The van der Waals surface area contributed by atoms with Crippen LogP contribution in [0.2, 0.25) is 0 Å². The Morgan fingerprint density at radius 2 is 1.70 bits per heavy atom. The van der Waals surface area contributed by atoms with Gasteiger partial charge in [-0.25, -0.2) is 0 Å². The zero-order valence-corrected chi connectivity index (χ0v) is 13.7. The minimum atomic E-state index is -0.582. The van der Waals surface area contributed by atoms with Gasteiger partial charge in [0.25, 0.3) is 0 Å². The maximum Gasteiger partial charge on any atom is 0.233 e. The summed E-state index contributed by atoms with van der Waals surface area (Å²) >= 11 is 5.25. The number of nitrogens with one attached hydrogen (secondary N) is 1. The Kier molecular flexibility index (Phi) is 4.73. The molecule has 0 bridgehead atoms. The van der Waals surface area contributed by atoms with Crippen molar-refractivity contribution in [3.8, 4) is 0 Å². The highest BCUT2D eigenvalue weighted by atomic mass is 32.1. The molecule has 4 heteroatoms. The topological polar surface area (TPSA) is 55.1 Å². The van der Waals surface area contributed by atoms with Gasteiger partial charge in [-0.05, 0) is 31.1 Å². The summed E-state index contributed by atoms with van der Waals surface area (Å²) in [6.45, 7) is 4.51. The number of amides is 1. The summed E-state index contributed by atoms with van der Waals surface area (Å²) in [4.78, 5) is 13.2. The number of carbonyl (C=O) groups is 1. The molecular weight excluding hydrogens is 268 g/mol. The summed E-state index contributed by atoms with van der Waals surface area (Å²) in [5.74, 6) is 0.0877. The van der Waals surface area contributed by atoms with Crippen LogP contribution in [0.25, 0.3) is 0 Å². The van der Waals surface area contributed by atoms with Crippen LogP contribution >= 0.6 is 12.2 Å². The van der Waals surface area contributed by atoms with Gasteiger partial charge in [-0.1, -0.05) is 58.2 Å². The maximum atomic E-state index is 12.8. The van der Waals surface area contributed by atoms with Crippen molar-refractivity contribution in [2.75, 3.05) is 0 Å². The Morgan fingerprint density at radius 3 is 2.25 bits per heavy atom. The van der Waals surface area contributed by atoms with E-state index in [2.05, 4.69) is 19.2 Å². The molecule has 2 rings (SSSR count). The summed E-state index contributed by atoms with van der Waals surface area (Å²) in [5, 5.41) is 3.29. The van der Waals surface area contributed by atoms with E-state index in [0.29, 0.717) is 4.99 Å². The molecule has 20 heavy (non-hydrogen) atoms. The van der Waals surface area contributed by atoms with E-state index >= 15 is 0 Å². The van der Waals surface area contributed by atoms with Crippen molar-refractivity contribution in [2.45, 2.75) is 77.7 Å². The third kappa shape index (κ3) is 3.00. The third-order valence-electron chi connectivity index (χ3n) is 5.43. The molecule has 0 heterocycles. The smallest absolute Gasteiger partial charge is 0.233 e. The van der Waals surface area contributed by atoms with Crippen LogP contribution in [-0.2, 0) is 4.79 Å². The molecule has 2 saturated carbocycles. The van der Waals surface area contributed by atoms with Crippen molar-refractivity contribution in [1.29, 1.82) is 0 Å². The second-order valence-electron chi connectivity index (χ2n) is 7.27. The number of rotatable bonds is 3. The van der Waals surface area contributed by atoms with Crippen molar-refractivity contribution in [3.05, 3.63) is 0 Å². The standard InChI is InChI=1S/C16H28N2OS/c1-15(2)9-7-4-8-12(15)18-14(19)16(13(17)20)10-5-3-6-11-16/h12H,3-11H2,1-2H3,(H2,17,20)(H,18,19). The summed E-state index contributed by atoms with van der Waals surface area (Å²) in [7, 11) is 0. The van der Waals surface area contributed by atoms with Gasteiger partial charge in [-0.15, -0.1) is 0 Å². The third-order valence-corrected chi connectivity index (χ3v) is 5.82. The molecule has 2 aliphatic carbocycles. The monoisotopic (exact) mass is 296 g/mol. The largest absolute Gasteiger partial charge is 0.392 e. The van der Waals surface area contributed by atoms with E-state index in [0.717, 1.165) is 32.1 Å². The quantitative estimate of drug-likeness (QED) is 0.786. The summed E-state index contributed by atoms with van der Waals surface area (Å²) in [6.07, 6.45) is 9.66. The molecule has 3 N–H and O–H groups in total. The molecule has 2 aliphatic rings. The average Bonchev–Trinajstić information content (AvgIpc) is 2.41. The van der Waals surface area contributed by atoms with Gasteiger partial charge in [0.2, 0.25) is 5.91 Å². The highest BCUT2D eigenvalue weighted by Crippen LogP contribution is 2.39. The molecule has 0 aromatic carbocycles. The zero-order valence-electron chi connectivity index (χ0n) is 12.8. The van der Waals surface area contributed by atoms with E-state index in [1.165, 1.54) is 25.7 Å². The predicted molar refractivity (Wildman–Crippen MR) is 86.5 cm³/mol. The normalized spacial score (nSPS) is 28.6.